The van der Waals surface area contributed by atoms with Gasteiger partial charge in [0.15, 0.2) is 81.8 Å². The summed E-state index contributed by atoms with van der Waals surface area (Å²) in [5.74, 6) is 4.37. The van der Waals surface area contributed by atoms with Gasteiger partial charge in [-0.2, -0.15) is 4.39 Å². The second kappa shape index (κ2) is 41.7. The number of aliphatic hydroxyl groups excluding tert-OH is 10. The van der Waals surface area contributed by atoms with Crippen molar-refractivity contribution in [3.8, 4) is 0 Å². The van der Waals surface area contributed by atoms with Gasteiger partial charge in [-0.25, -0.2) is 49.8 Å². The van der Waals surface area contributed by atoms with Crippen molar-refractivity contribution in [2.75, 3.05) is 103 Å². The highest BCUT2D eigenvalue weighted by atomic mass is 31.2. The average molecular weight is 1930 g/mol. The molecule has 5 fully saturated rings. The fourth-order valence-electron chi connectivity index (χ4n) is 16.5. The monoisotopic (exact) mass is 1930 g/mol. The second-order valence-electron chi connectivity index (χ2n) is 38.3. The van der Waals surface area contributed by atoms with Crippen molar-refractivity contribution < 1.29 is 79.1 Å². The lowest BCUT2D eigenvalue weighted by molar-refractivity contribution is -0.0422. The largest absolute Gasteiger partial charge is 0.388 e. The molecule has 0 aromatic carbocycles. The number of aromatic nitrogens is 18. The van der Waals surface area contributed by atoms with Crippen LogP contribution < -0.4 is 39.0 Å². The van der Waals surface area contributed by atoms with E-state index in [-0.39, 0.29) is 61.8 Å². The number of nitrogens with two attached hydrogens (primary N) is 2. The molecule has 15 rings (SSSR count). The second-order valence-corrected chi connectivity index (χ2v) is 59.9. The molecule has 0 saturated carbocycles. The van der Waals surface area contributed by atoms with Crippen LogP contribution >= 0.6 is 34.4 Å². The number of H-pyrrole nitrogens is 4. The minimum absolute atomic E-state index is 0.00865. The lowest BCUT2D eigenvalue weighted by Crippen LogP contribution is -2.34. The van der Waals surface area contributed by atoms with Crippen molar-refractivity contribution in [3.63, 3.8) is 0 Å². The normalized spacial score (nSPS) is 27.5. The Labute approximate surface area is 759 Å². The van der Waals surface area contributed by atoms with Crippen LogP contribution in [0.5, 0.6) is 0 Å². The Hall–Kier alpha value is -7.33. The first-order chi connectivity index (χ1) is 61.0. The first kappa shape index (κ1) is 104. The molecule has 0 radical (unpaired) electrons. The SMILES string of the molecule is C=P(C)(C)CC[C@H]1OC(n2c(C)nc3c(=O)[nH]c(C)nc32)[C@H](O)[C@@H]1O.C=P(C)(C)CC[C@H]1OC(n2c(CC)nc3c(=O)[nH]c(C)nc32)[C@H](O)[C@@H]1O.C=P(C)(C)CC[C@H]1OC(n2c(CCC)nc3c(=O)[nH]c(C)nc32)[C@H](O)[C@@H]1O.C=P(C)(C)CC[C@H]1OC(n2c(CCCC)nc3c(=O)[nH]c(C)nc32)[C@H](O)[C@@H]1O.C=P(C)(C)CC[C@H]1OC(n2c(F)nc3c2NC(N)=NC3N)[C@H](O)[C@@H]1O. The molecule has 9 aromatic rings. The summed E-state index contributed by atoms with van der Waals surface area (Å²) < 4.78 is 51.9. The van der Waals surface area contributed by atoms with E-state index in [0.717, 1.165) is 54.6 Å². The summed E-state index contributed by atoms with van der Waals surface area (Å²) in [5.41, 5.74) is 12.6. The molecule has 21 atom stereocenters. The number of nitrogens with zero attached hydrogens (tertiary/aromatic N) is 15. The predicted molar refractivity (Wildman–Crippen MR) is 519 cm³/mol. The van der Waals surface area contributed by atoms with Crippen LogP contribution in [0.2, 0.25) is 0 Å². The van der Waals surface area contributed by atoms with Gasteiger partial charge in [0.25, 0.3) is 28.3 Å². The number of hydrogen-bond acceptors (Lipinski definition) is 32. The first-order valence-corrected chi connectivity index (χ1v) is 59.3. The number of ether oxygens (including phenoxy) is 5. The number of anilines is 1. The molecule has 131 heavy (non-hydrogen) atoms. The van der Waals surface area contributed by atoms with Crippen LogP contribution in [0.3, 0.4) is 0 Å². The topological polar surface area (TPSA) is 597 Å². The highest BCUT2D eigenvalue weighted by Gasteiger charge is 2.51. The van der Waals surface area contributed by atoms with Crippen LogP contribution in [0.4, 0.5) is 10.2 Å². The number of rotatable bonds is 26. The van der Waals surface area contributed by atoms with E-state index in [1.165, 1.54) is 0 Å². The molecule has 728 valence electrons. The van der Waals surface area contributed by atoms with E-state index in [1.807, 2.05) is 13.8 Å². The number of nitrogens with one attached hydrogen (secondary N) is 5. The zero-order chi connectivity index (χ0) is 96.8. The fraction of sp³-hybridized carbons (Fsp3) is 0.655. The summed E-state index contributed by atoms with van der Waals surface area (Å²) in [6.45, 7) is 29.3. The lowest BCUT2D eigenvalue weighted by atomic mass is 10.1. The molecule has 41 nitrogen and oxygen atoms in total. The molecule has 5 saturated heterocycles. The lowest BCUT2D eigenvalue weighted by Gasteiger charge is -2.23. The molecule has 0 bridgehead atoms. The Morgan fingerprint density at radius 1 is 0.382 bits per heavy atom. The zero-order valence-corrected chi connectivity index (χ0v) is 82.6. The third-order valence-corrected chi connectivity index (χ3v) is 30.7. The number of halogens is 1. The number of aryl methyl sites for hydroxylation is 8. The van der Waals surface area contributed by atoms with Gasteiger partial charge in [-0.05, 0) is 177 Å². The van der Waals surface area contributed by atoms with Gasteiger partial charge < -0.3 is 111 Å². The Kier molecular flexibility index (Phi) is 33.2. The fourth-order valence-corrected chi connectivity index (χ4v) is 21.3. The number of unbranched alkanes of at least 4 members (excludes halogenated alkanes) is 1. The number of fused-ring (bicyclic) bond motifs is 5. The number of aromatic amines is 4. The summed E-state index contributed by atoms with van der Waals surface area (Å²) >= 11 is 0. The third kappa shape index (κ3) is 24.2. The van der Waals surface area contributed by atoms with Crippen molar-refractivity contribution in [1.29, 1.82) is 0 Å². The van der Waals surface area contributed by atoms with Gasteiger partial charge in [-0.1, -0.05) is 27.2 Å². The molecule has 6 aliphatic heterocycles. The minimum atomic E-state index is -1.32. The van der Waals surface area contributed by atoms with Crippen molar-refractivity contribution >= 4 is 122 Å². The van der Waals surface area contributed by atoms with Crippen LogP contribution in [0.15, 0.2) is 24.2 Å². The van der Waals surface area contributed by atoms with Gasteiger partial charge in [0.05, 0.1) is 30.5 Å². The van der Waals surface area contributed by atoms with Gasteiger partial charge in [0.1, 0.15) is 125 Å². The van der Waals surface area contributed by atoms with E-state index in [4.69, 9.17) is 35.2 Å². The van der Waals surface area contributed by atoms with E-state index in [1.54, 1.807) is 52.9 Å². The predicted octanol–water partition coefficient (Wildman–Crippen LogP) is 3.19. The van der Waals surface area contributed by atoms with Crippen LogP contribution in [0, 0.1) is 40.7 Å². The van der Waals surface area contributed by atoms with Gasteiger partial charge in [0.2, 0.25) is 0 Å². The minimum Gasteiger partial charge on any atom is -0.388 e. The molecule has 9 aromatic heterocycles. The Balaban J connectivity index is 0.000000158. The van der Waals surface area contributed by atoms with Gasteiger partial charge in [0, 0.05) is 19.3 Å². The van der Waals surface area contributed by atoms with Crippen LogP contribution in [-0.4, -0.2) is 365 Å². The highest BCUT2D eigenvalue weighted by Crippen LogP contribution is 2.47. The van der Waals surface area contributed by atoms with Crippen molar-refractivity contribution in [2.45, 2.75) is 255 Å². The molecule has 19 N–H and O–H groups in total. The van der Waals surface area contributed by atoms with E-state index >= 15 is 0 Å². The molecular formula is C84H136FN22O19P5. The number of aliphatic imine (C=N–C) groups is 1. The quantitative estimate of drug-likeness (QED) is 0.0346. The average Bonchev–Trinajstić information content (AvgIpc) is 1.63. The number of imidazole rings is 5. The molecule has 0 aliphatic carbocycles. The zero-order valence-electron chi connectivity index (χ0n) is 78.1. The molecule has 6 unspecified atom stereocenters. The summed E-state index contributed by atoms with van der Waals surface area (Å²) in [4.78, 5) is 102. The highest BCUT2D eigenvalue weighted by molar-refractivity contribution is 7.73. The smallest absolute Gasteiger partial charge is 0.293 e. The van der Waals surface area contributed by atoms with Crippen molar-refractivity contribution in [3.05, 3.63) is 99.8 Å². The summed E-state index contributed by atoms with van der Waals surface area (Å²) in [6, 6.07) is 0. The van der Waals surface area contributed by atoms with Gasteiger partial charge in [-0.15, -0.1) is 65.9 Å². The Morgan fingerprint density at radius 3 is 0.954 bits per heavy atom. The van der Waals surface area contributed by atoms with Crippen molar-refractivity contribution in [2.24, 2.45) is 16.5 Å². The van der Waals surface area contributed by atoms with E-state index in [9.17, 15) is 74.6 Å². The van der Waals surface area contributed by atoms with E-state index in [0.29, 0.717) is 121 Å². The first-order valence-electron chi connectivity index (χ1n) is 44.0. The third-order valence-electron chi connectivity index (χ3n) is 23.4. The maximum absolute atomic E-state index is 14.4. The number of guanidine groups is 1. The molecule has 6 aliphatic rings. The van der Waals surface area contributed by atoms with Gasteiger partial charge >= 0.3 is 0 Å². The summed E-state index contributed by atoms with van der Waals surface area (Å²) in [5, 5.41) is 108. The molecule has 0 spiro atoms. The Morgan fingerprint density at radius 2 is 0.656 bits per heavy atom. The molecular weight excluding hydrogens is 1790 g/mol. The molecule has 47 heteroatoms. The standard InChI is InChI=1S/C19H31N4O4P.C18H29N4O4P.C17H27N4O4P.C16H25N4O4P.C14H24FN6O3P/c1-6-7-8-13-22-14-17(20-11(2)21-18(14)26)23(13)19-16(25)15(24)12(27-19)9-10-28(3,4)5;1-6-7-12-21-13-16(19-10(2)20-17(13)25)22(12)18-15(24)14(23)11(26-18)8-9-27(3,4)5;1-6-11-20-12-15(18-9(2)19-16(12)24)21(11)17-14(23)13(22)10(25-17)7-8-26(3,4)5;1-8-17-14-11(15(23)18-8)19-9(2)20(14)16-13(22)12(21)10(24-16)6-7-25(3,4)5;1-25(2,3)5-4-6-8(22)9(23)12(24-6)21-11-7(18-13(21)15)10(16)19-14(17)20-11/h12,15-16,19,24-25H,3,6-10H2,1-2,4-5H3,(H,20,21,26);11,14-15,18,23-24H,3,6-9H2,1-2,4-5H3,(H,19,20,25);10,13-14,17,22-23H,3,6-8H2,1-2,4-5H3,(H,18,19,24);10,12-13,16,21-22H,3,6-7H2,1-2,4-5H3,(H,17,18,23);6,8-10,12,22-23H,1,4-5,16H2,2-3H3,(H3,17,19,20)/t12-,15-,16-,19?;11-,14-,15-,18?;10-,13-,14-,17?;10-,12-,13-,16?;6-,8-,9-,10?,12?/m11111/s1. The molecule has 15 heterocycles. The van der Waals surface area contributed by atoms with Crippen LogP contribution in [-0.2, 0) is 42.9 Å². The maximum atomic E-state index is 14.4. The maximum Gasteiger partial charge on any atom is 0.293 e. The van der Waals surface area contributed by atoms with Crippen LogP contribution in [0.1, 0.15) is 162 Å². The summed E-state index contributed by atoms with van der Waals surface area (Å²) in [6.07, 6.45) is 12.8. The van der Waals surface area contributed by atoms with Gasteiger partial charge in [-0.3, -0.25) is 42.0 Å². The van der Waals surface area contributed by atoms with E-state index < -0.39 is 169 Å². The summed E-state index contributed by atoms with van der Waals surface area (Å²) in [7, 11) is 0. The van der Waals surface area contributed by atoms with Crippen LogP contribution in [0.25, 0.3) is 44.7 Å². The number of aliphatic hydroxyl groups is 10. The van der Waals surface area contributed by atoms with E-state index in [2.05, 4.69) is 180 Å². The van der Waals surface area contributed by atoms with Crippen molar-refractivity contribution in [1.82, 2.24) is 87.6 Å². The molecule has 0 amide bonds. The Bertz CT molecular complexity index is 6130. The number of hydrogen-bond donors (Lipinski definition) is 17.